The van der Waals surface area contributed by atoms with Crippen molar-refractivity contribution >= 4 is 28.6 Å². The van der Waals surface area contributed by atoms with Gasteiger partial charge in [0.25, 0.3) is 5.56 Å². The summed E-state index contributed by atoms with van der Waals surface area (Å²) in [6.07, 6.45) is 2.49. The van der Waals surface area contributed by atoms with Gasteiger partial charge in [-0.05, 0) is 55.3 Å². The van der Waals surface area contributed by atoms with E-state index in [0.717, 1.165) is 12.1 Å². The Kier molecular flexibility index (Phi) is 6.23. The van der Waals surface area contributed by atoms with E-state index in [0.29, 0.717) is 28.4 Å². The number of carbonyl (C=O) groups is 1. The Morgan fingerprint density at radius 1 is 1.13 bits per heavy atom. The summed E-state index contributed by atoms with van der Waals surface area (Å²) in [5.74, 6) is 0.527. The molecule has 7 heteroatoms. The summed E-state index contributed by atoms with van der Waals surface area (Å²) in [4.78, 5) is 30.7. The second-order valence-corrected chi connectivity index (χ2v) is 8.44. The lowest BCUT2D eigenvalue weighted by molar-refractivity contribution is -0.120. The predicted octanol–water partition coefficient (Wildman–Crippen LogP) is 4.34. The number of hydrogen-bond acceptors (Lipinski definition) is 5. The molecule has 0 bridgehead atoms. The monoisotopic (exact) mass is 433 g/mol. The normalized spacial score (nSPS) is 12.1. The van der Waals surface area contributed by atoms with Crippen LogP contribution in [0.2, 0.25) is 0 Å². The van der Waals surface area contributed by atoms with Crippen molar-refractivity contribution in [2.24, 2.45) is 0 Å². The van der Waals surface area contributed by atoms with Crippen LogP contribution in [0.15, 0.2) is 81.3 Å². The Balaban J connectivity index is 1.68. The number of furan rings is 1. The Labute approximate surface area is 184 Å². The highest BCUT2D eigenvalue weighted by Gasteiger charge is 2.20. The first-order valence-electron chi connectivity index (χ1n) is 10.1. The lowest BCUT2D eigenvalue weighted by Gasteiger charge is -2.16. The summed E-state index contributed by atoms with van der Waals surface area (Å²) < 4.78 is 6.85. The van der Waals surface area contributed by atoms with Crippen LogP contribution in [-0.4, -0.2) is 20.7 Å². The van der Waals surface area contributed by atoms with E-state index in [1.165, 1.54) is 17.3 Å². The second-order valence-electron chi connectivity index (χ2n) is 7.13. The first-order chi connectivity index (χ1) is 15.1. The van der Waals surface area contributed by atoms with Crippen molar-refractivity contribution in [2.75, 3.05) is 0 Å². The minimum Gasteiger partial charge on any atom is -0.467 e. The number of nitrogens with zero attached hydrogens (tertiary/aromatic N) is 2. The van der Waals surface area contributed by atoms with Crippen LogP contribution in [0.4, 0.5) is 0 Å². The number of thioether (sulfide) groups is 1. The number of aryl methyl sites for hydroxylation is 1. The molecule has 0 aliphatic rings. The van der Waals surface area contributed by atoms with Gasteiger partial charge in [0.05, 0.1) is 34.6 Å². The van der Waals surface area contributed by atoms with Crippen LogP contribution in [0, 0.1) is 0 Å². The van der Waals surface area contributed by atoms with Crippen LogP contribution in [0.3, 0.4) is 0 Å². The molecule has 0 aliphatic carbocycles. The molecule has 4 rings (SSSR count). The third-order valence-corrected chi connectivity index (χ3v) is 6.07. The lowest BCUT2D eigenvalue weighted by Crippen LogP contribution is -2.31. The van der Waals surface area contributed by atoms with Crippen LogP contribution in [0.25, 0.3) is 16.6 Å². The zero-order valence-electron chi connectivity index (χ0n) is 17.4. The summed E-state index contributed by atoms with van der Waals surface area (Å²) >= 11 is 1.26. The molecule has 0 saturated carbocycles. The van der Waals surface area contributed by atoms with E-state index >= 15 is 0 Å². The maximum Gasteiger partial charge on any atom is 0.266 e. The molecule has 4 aromatic rings. The van der Waals surface area contributed by atoms with Gasteiger partial charge in [-0.2, -0.15) is 0 Å². The molecule has 2 heterocycles. The number of nitrogens with one attached hydrogen (secondary N) is 1. The maximum atomic E-state index is 13.3. The number of fused-ring (bicyclic) bond motifs is 1. The number of amides is 1. The van der Waals surface area contributed by atoms with Gasteiger partial charge in [0.15, 0.2) is 5.16 Å². The zero-order valence-corrected chi connectivity index (χ0v) is 18.2. The van der Waals surface area contributed by atoms with Gasteiger partial charge < -0.3 is 9.73 Å². The van der Waals surface area contributed by atoms with E-state index in [1.54, 1.807) is 36.0 Å². The van der Waals surface area contributed by atoms with Crippen LogP contribution >= 0.6 is 11.8 Å². The van der Waals surface area contributed by atoms with Crippen LogP contribution in [0.1, 0.15) is 25.2 Å². The third-order valence-electron chi connectivity index (χ3n) is 5.02. The average Bonchev–Trinajstić information content (AvgIpc) is 3.31. The molecule has 158 valence electrons. The zero-order chi connectivity index (χ0) is 21.8. The summed E-state index contributed by atoms with van der Waals surface area (Å²) in [5.41, 5.74) is 2.37. The molecule has 2 aromatic heterocycles. The molecule has 2 aromatic carbocycles. The van der Waals surface area contributed by atoms with Gasteiger partial charge in [0.1, 0.15) is 5.76 Å². The highest BCUT2D eigenvalue weighted by Crippen LogP contribution is 2.25. The Hall–Kier alpha value is -3.32. The topological polar surface area (TPSA) is 77.1 Å². The minimum atomic E-state index is -0.454. The second kappa shape index (κ2) is 9.22. The quantitative estimate of drug-likeness (QED) is 0.347. The van der Waals surface area contributed by atoms with Crippen molar-refractivity contribution in [3.05, 3.63) is 88.6 Å². The number of rotatable bonds is 7. The summed E-state index contributed by atoms with van der Waals surface area (Å²) in [5, 5.41) is 3.43. The molecule has 31 heavy (non-hydrogen) atoms. The fourth-order valence-electron chi connectivity index (χ4n) is 3.24. The molecule has 0 fully saturated rings. The van der Waals surface area contributed by atoms with E-state index in [4.69, 9.17) is 9.40 Å². The maximum absolute atomic E-state index is 13.3. The van der Waals surface area contributed by atoms with Gasteiger partial charge in [-0.15, -0.1) is 0 Å². The van der Waals surface area contributed by atoms with Gasteiger partial charge >= 0.3 is 0 Å². The van der Waals surface area contributed by atoms with E-state index in [2.05, 4.69) is 12.2 Å². The molecule has 0 radical (unpaired) electrons. The molecule has 1 amide bonds. The number of para-hydroxylation sites is 1. The highest BCUT2D eigenvalue weighted by molar-refractivity contribution is 8.00. The Bertz CT molecular complexity index is 1250. The average molecular weight is 434 g/mol. The standard InChI is InChI=1S/C24H23N3O3S/c1-3-17-10-12-18(13-11-17)27-23(29)20-8-4-5-9-21(20)26-24(27)31-16(2)22(28)25-15-19-7-6-14-30-19/h4-14,16H,3,15H2,1-2H3,(H,25,28). The SMILES string of the molecule is CCc1ccc(-n2c(SC(C)C(=O)NCc3ccco3)nc3ccccc3c2=O)cc1. The van der Waals surface area contributed by atoms with E-state index < -0.39 is 5.25 Å². The summed E-state index contributed by atoms with van der Waals surface area (Å²) in [6.45, 7) is 4.20. The molecule has 0 aliphatic heterocycles. The van der Waals surface area contributed by atoms with Gasteiger partial charge in [-0.1, -0.05) is 43.0 Å². The van der Waals surface area contributed by atoms with Crippen LogP contribution < -0.4 is 10.9 Å². The van der Waals surface area contributed by atoms with Crippen molar-refractivity contribution in [1.82, 2.24) is 14.9 Å². The number of aromatic nitrogens is 2. The van der Waals surface area contributed by atoms with Gasteiger partial charge in [0, 0.05) is 0 Å². The van der Waals surface area contributed by atoms with E-state index in [1.807, 2.05) is 42.5 Å². The van der Waals surface area contributed by atoms with Gasteiger partial charge in [-0.25, -0.2) is 4.98 Å². The van der Waals surface area contributed by atoms with Crippen molar-refractivity contribution in [1.29, 1.82) is 0 Å². The molecule has 6 nitrogen and oxygen atoms in total. The van der Waals surface area contributed by atoms with Crippen LogP contribution in [0.5, 0.6) is 0 Å². The molecule has 1 unspecified atom stereocenters. The molecular weight excluding hydrogens is 410 g/mol. The molecule has 1 atom stereocenters. The Morgan fingerprint density at radius 3 is 2.61 bits per heavy atom. The number of benzene rings is 2. The lowest BCUT2D eigenvalue weighted by atomic mass is 10.1. The Morgan fingerprint density at radius 2 is 1.90 bits per heavy atom. The first-order valence-corrected chi connectivity index (χ1v) is 11.0. The highest BCUT2D eigenvalue weighted by atomic mass is 32.2. The van der Waals surface area contributed by atoms with E-state index in [-0.39, 0.29) is 11.5 Å². The van der Waals surface area contributed by atoms with Crippen LogP contribution in [-0.2, 0) is 17.8 Å². The number of carbonyl (C=O) groups excluding carboxylic acids is 1. The number of hydrogen-bond donors (Lipinski definition) is 1. The largest absolute Gasteiger partial charge is 0.467 e. The van der Waals surface area contributed by atoms with Crippen molar-refractivity contribution < 1.29 is 9.21 Å². The predicted molar refractivity (Wildman–Crippen MR) is 123 cm³/mol. The minimum absolute atomic E-state index is 0.152. The van der Waals surface area contributed by atoms with Gasteiger partial charge in [0.2, 0.25) is 5.91 Å². The first kappa shape index (κ1) is 20.9. The van der Waals surface area contributed by atoms with Gasteiger partial charge in [-0.3, -0.25) is 14.2 Å². The molecule has 1 N–H and O–H groups in total. The fraction of sp³-hybridized carbons (Fsp3) is 0.208. The fourth-order valence-corrected chi connectivity index (χ4v) is 4.19. The summed E-state index contributed by atoms with van der Waals surface area (Å²) in [7, 11) is 0. The summed E-state index contributed by atoms with van der Waals surface area (Å²) in [6, 6.07) is 18.7. The van der Waals surface area contributed by atoms with Crippen molar-refractivity contribution in [3.8, 4) is 5.69 Å². The molecule has 0 spiro atoms. The van der Waals surface area contributed by atoms with Crippen molar-refractivity contribution in [2.45, 2.75) is 37.2 Å². The van der Waals surface area contributed by atoms with Crippen molar-refractivity contribution in [3.63, 3.8) is 0 Å². The molecule has 0 saturated heterocycles. The molecular formula is C24H23N3O3S. The van der Waals surface area contributed by atoms with E-state index in [9.17, 15) is 9.59 Å². The third kappa shape index (κ3) is 4.56. The smallest absolute Gasteiger partial charge is 0.266 e.